The summed E-state index contributed by atoms with van der Waals surface area (Å²) in [7, 11) is 0. The Labute approximate surface area is 153 Å². The highest BCUT2D eigenvalue weighted by molar-refractivity contribution is 5.76. The number of nitrogens with zero attached hydrogens (tertiary/aromatic N) is 1. The van der Waals surface area contributed by atoms with Crippen molar-refractivity contribution in [3.63, 3.8) is 0 Å². The van der Waals surface area contributed by atoms with Crippen molar-refractivity contribution in [3.8, 4) is 5.75 Å². The van der Waals surface area contributed by atoms with Gasteiger partial charge in [0.15, 0.2) is 0 Å². The van der Waals surface area contributed by atoms with Crippen LogP contribution < -0.4 is 15.6 Å². The largest absolute Gasteiger partial charge is 0.493 e. The lowest BCUT2D eigenvalue weighted by Gasteiger charge is -2.13. The first-order valence-electron chi connectivity index (χ1n) is 9.12. The topological polar surface area (TPSA) is 67.0 Å². The number of hydrogen-bond donors (Lipinski definition) is 2. The molecule has 26 heavy (non-hydrogen) atoms. The first kappa shape index (κ1) is 18.0. The van der Waals surface area contributed by atoms with Crippen LogP contribution in [0.25, 0.3) is 11.0 Å². The molecule has 5 heteroatoms. The van der Waals surface area contributed by atoms with E-state index in [1.54, 1.807) is 6.07 Å². The molecule has 2 heterocycles. The van der Waals surface area contributed by atoms with Crippen molar-refractivity contribution in [2.24, 2.45) is 0 Å². The minimum absolute atomic E-state index is 0.150. The van der Waals surface area contributed by atoms with E-state index in [0.29, 0.717) is 12.2 Å². The predicted molar refractivity (Wildman–Crippen MR) is 106 cm³/mol. The van der Waals surface area contributed by atoms with Gasteiger partial charge in [-0.05, 0) is 43.2 Å². The Kier molecular flexibility index (Phi) is 5.89. The minimum Gasteiger partial charge on any atom is -0.493 e. The lowest BCUT2D eigenvalue weighted by molar-refractivity contribution is 0.303. The molecule has 0 saturated heterocycles. The summed E-state index contributed by atoms with van der Waals surface area (Å²) in [4.78, 5) is 18.7. The second-order valence-corrected chi connectivity index (χ2v) is 6.48. The fraction of sp³-hybridized carbons (Fsp3) is 0.333. The van der Waals surface area contributed by atoms with Crippen LogP contribution >= 0.6 is 0 Å². The number of aromatic nitrogens is 2. The molecule has 0 unspecified atom stereocenters. The first-order chi connectivity index (χ1) is 12.7. The van der Waals surface area contributed by atoms with E-state index in [1.165, 1.54) is 24.5 Å². The molecule has 2 aromatic heterocycles. The number of pyridine rings is 2. The summed E-state index contributed by atoms with van der Waals surface area (Å²) in [6, 6.07) is 13.4. The number of benzene rings is 1. The summed E-state index contributed by atoms with van der Waals surface area (Å²) in [5.41, 5.74) is 2.71. The number of anilines is 1. The zero-order valence-electron chi connectivity index (χ0n) is 15.3. The van der Waals surface area contributed by atoms with Gasteiger partial charge in [-0.1, -0.05) is 31.9 Å². The number of rotatable bonds is 8. The van der Waals surface area contributed by atoms with E-state index in [-0.39, 0.29) is 5.56 Å². The summed E-state index contributed by atoms with van der Waals surface area (Å²) in [6.07, 6.45) is 3.43. The number of hydrogen-bond acceptors (Lipinski definition) is 4. The second-order valence-electron chi connectivity index (χ2n) is 6.48. The van der Waals surface area contributed by atoms with Crippen molar-refractivity contribution in [2.75, 3.05) is 11.9 Å². The van der Waals surface area contributed by atoms with E-state index < -0.39 is 0 Å². The summed E-state index contributed by atoms with van der Waals surface area (Å²) in [6.45, 7) is 5.60. The fourth-order valence-corrected chi connectivity index (χ4v) is 2.79. The van der Waals surface area contributed by atoms with Crippen molar-refractivity contribution in [1.29, 1.82) is 0 Å². The van der Waals surface area contributed by atoms with Crippen LogP contribution in [-0.4, -0.2) is 16.6 Å². The summed E-state index contributed by atoms with van der Waals surface area (Å²) < 4.78 is 5.99. The van der Waals surface area contributed by atoms with Gasteiger partial charge in [0.2, 0.25) is 5.56 Å². The summed E-state index contributed by atoms with van der Waals surface area (Å²) >= 11 is 0. The molecule has 0 radical (unpaired) electrons. The van der Waals surface area contributed by atoms with Crippen LogP contribution in [0.4, 0.5) is 5.82 Å². The molecule has 2 N–H and O–H groups in total. The predicted octanol–water partition coefficient (Wildman–Crippen LogP) is 4.41. The van der Waals surface area contributed by atoms with Crippen molar-refractivity contribution in [2.45, 2.75) is 39.7 Å². The van der Waals surface area contributed by atoms with E-state index >= 15 is 0 Å². The molecule has 0 aliphatic rings. The summed E-state index contributed by atoms with van der Waals surface area (Å²) in [5, 5.41) is 4.23. The molecule has 0 fully saturated rings. The molecule has 1 aromatic carbocycles. The highest BCUT2D eigenvalue weighted by atomic mass is 16.5. The number of aromatic amines is 1. The number of H-pyrrole nitrogens is 1. The Balaban J connectivity index is 1.71. The third-order valence-electron chi connectivity index (χ3n) is 4.27. The Hall–Kier alpha value is -2.82. The molecule has 0 saturated carbocycles. The van der Waals surface area contributed by atoms with Gasteiger partial charge in [0.1, 0.15) is 17.2 Å². The molecular weight excluding hydrogens is 326 g/mol. The van der Waals surface area contributed by atoms with Gasteiger partial charge in [0, 0.05) is 23.6 Å². The monoisotopic (exact) mass is 351 g/mol. The molecule has 0 aliphatic heterocycles. The average molecular weight is 351 g/mol. The number of unbranched alkanes of at least 4 members (excludes halogenated alkanes) is 2. The molecule has 5 nitrogen and oxygen atoms in total. The molecule has 0 atom stereocenters. The lowest BCUT2D eigenvalue weighted by Crippen LogP contribution is -2.07. The number of aryl methyl sites for hydroxylation is 1. The third kappa shape index (κ3) is 4.63. The van der Waals surface area contributed by atoms with Crippen LogP contribution in [0.5, 0.6) is 5.75 Å². The molecule has 3 rings (SSSR count). The highest BCUT2D eigenvalue weighted by Gasteiger charge is 2.06. The van der Waals surface area contributed by atoms with Crippen LogP contribution in [0.15, 0.2) is 47.3 Å². The van der Waals surface area contributed by atoms with E-state index in [0.717, 1.165) is 35.5 Å². The van der Waals surface area contributed by atoms with E-state index in [4.69, 9.17) is 4.74 Å². The zero-order valence-corrected chi connectivity index (χ0v) is 15.3. The van der Waals surface area contributed by atoms with Crippen LogP contribution in [0, 0.1) is 6.92 Å². The minimum atomic E-state index is -0.150. The zero-order chi connectivity index (χ0) is 18.4. The Bertz CT molecular complexity index is 934. The fourth-order valence-electron chi connectivity index (χ4n) is 2.79. The third-order valence-corrected chi connectivity index (χ3v) is 4.27. The Morgan fingerprint density at radius 3 is 2.81 bits per heavy atom. The smallest absolute Gasteiger partial charge is 0.249 e. The first-order valence-corrected chi connectivity index (χ1v) is 9.12. The maximum absolute atomic E-state index is 11.5. The van der Waals surface area contributed by atoms with Gasteiger partial charge in [-0.25, -0.2) is 4.98 Å². The molecule has 0 bridgehead atoms. The van der Waals surface area contributed by atoms with Crippen molar-refractivity contribution >= 4 is 16.9 Å². The summed E-state index contributed by atoms with van der Waals surface area (Å²) in [5.74, 6) is 1.64. The number of fused-ring (bicyclic) bond motifs is 1. The number of ether oxygens (including phenoxy) is 1. The number of nitrogens with one attached hydrogen (secondary N) is 2. The molecule has 0 amide bonds. The average Bonchev–Trinajstić information content (AvgIpc) is 2.64. The van der Waals surface area contributed by atoms with Gasteiger partial charge in [-0.3, -0.25) is 4.79 Å². The van der Waals surface area contributed by atoms with E-state index in [9.17, 15) is 4.79 Å². The maximum atomic E-state index is 11.5. The Morgan fingerprint density at radius 1 is 1.12 bits per heavy atom. The van der Waals surface area contributed by atoms with Crippen molar-refractivity contribution in [3.05, 3.63) is 63.9 Å². The van der Waals surface area contributed by atoms with Crippen molar-refractivity contribution in [1.82, 2.24) is 9.97 Å². The van der Waals surface area contributed by atoms with E-state index in [1.807, 2.05) is 12.1 Å². The van der Waals surface area contributed by atoms with Crippen LogP contribution in [-0.2, 0) is 6.54 Å². The SMILES string of the molecule is CCCCCOc1cc(C)ccc1CNc1ccc2ccc(=O)[nH]c2n1. The molecule has 0 aliphatic carbocycles. The van der Waals surface area contributed by atoms with Gasteiger partial charge in [0.05, 0.1) is 6.61 Å². The van der Waals surface area contributed by atoms with Crippen LogP contribution in [0.3, 0.4) is 0 Å². The van der Waals surface area contributed by atoms with Gasteiger partial charge in [0.25, 0.3) is 0 Å². The van der Waals surface area contributed by atoms with Gasteiger partial charge >= 0.3 is 0 Å². The quantitative estimate of drug-likeness (QED) is 0.590. The standard InChI is InChI=1S/C21H25N3O2/c1-3-4-5-12-26-18-13-15(2)6-7-17(18)14-22-19-10-8-16-9-11-20(25)24-21(16)23-19/h6-11,13H,3-5,12,14H2,1-2H3,(H2,22,23,24,25). The molecule has 3 aromatic rings. The highest BCUT2D eigenvalue weighted by Crippen LogP contribution is 2.22. The lowest BCUT2D eigenvalue weighted by atomic mass is 10.1. The van der Waals surface area contributed by atoms with Gasteiger partial charge in [-0.15, -0.1) is 0 Å². The maximum Gasteiger partial charge on any atom is 0.249 e. The van der Waals surface area contributed by atoms with Gasteiger partial charge < -0.3 is 15.0 Å². The molecule has 136 valence electrons. The van der Waals surface area contributed by atoms with Gasteiger partial charge in [-0.2, -0.15) is 0 Å². The molecular formula is C21H25N3O2. The van der Waals surface area contributed by atoms with Crippen molar-refractivity contribution < 1.29 is 4.74 Å². The van der Waals surface area contributed by atoms with Crippen LogP contribution in [0.2, 0.25) is 0 Å². The Morgan fingerprint density at radius 2 is 1.96 bits per heavy atom. The van der Waals surface area contributed by atoms with E-state index in [2.05, 4.69) is 47.3 Å². The van der Waals surface area contributed by atoms with Crippen LogP contribution in [0.1, 0.15) is 37.3 Å². The molecule has 0 spiro atoms. The normalized spacial score (nSPS) is 10.8. The second kappa shape index (κ2) is 8.52.